The molecule has 2 N–H and O–H groups in total. The molecule has 1 aliphatic rings. The number of methoxy groups -OCH3 is 1. The van der Waals surface area contributed by atoms with Crippen molar-refractivity contribution in [3.63, 3.8) is 0 Å². The van der Waals surface area contributed by atoms with Gasteiger partial charge in [-0.2, -0.15) is 0 Å². The van der Waals surface area contributed by atoms with E-state index in [2.05, 4.69) is 53.8 Å². The third-order valence-electron chi connectivity index (χ3n) is 6.54. The van der Waals surface area contributed by atoms with Crippen LogP contribution in [0.1, 0.15) is 48.4 Å². The lowest BCUT2D eigenvalue weighted by Crippen LogP contribution is -2.45. The van der Waals surface area contributed by atoms with Crippen molar-refractivity contribution < 1.29 is 14.6 Å². The van der Waals surface area contributed by atoms with Crippen molar-refractivity contribution >= 4 is 5.97 Å². The molecular weight excluding hydrogens is 386 g/mol. The van der Waals surface area contributed by atoms with Crippen LogP contribution in [0.2, 0.25) is 0 Å². The molecule has 0 heterocycles. The van der Waals surface area contributed by atoms with Gasteiger partial charge in [0.2, 0.25) is 0 Å². The van der Waals surface area contributed by atoms with Crippen molar-refractivity contribution in [1.82, 2.24) is 5.32 Å². The van der Waals surface area contributed by atoms with Crippen LogP contribution in [-0.4, -0.2) is 24.2 Å². The number of hydrogen-bond acceptors (Lipinski definition) is 3. The number of aliphatic carboxylic acids is 1. The molecule has 31 heavy (non-hydrogen) atoms. The van der Waals surface area contributed by atoms with Crippen LogP contribution in [0.5, 0.6) is 5.75 Å². The summed E-state index contributed by atoms with van der Waals surface area (Å²) in [5.74, 6) is -0.0477. The molecule has 0 spiro atoms. The fourth-order valence-electron chi connectivity index (χ4n) is 4.74. The van der Waals surface area contributed by atoms with E-state index in [1.165, 1.54) is 11.1 Å². The molecule has 160 valence electrons. The van der Waals surface area contributed by atoms with Crippen molar-refractivity contribution in [2.24, 2.45) is 0 Å². The number of carboxylic acids is 1. The van der Waals surface area contributed by atoms with E-state index in [0.717, 1.165) is 18.4 Å². The number of nitrogens with one attached hydrogen (secondary N) is 1. The Morgan fingerprint density at radius 3 is 2.03 bits per heavy atom. The minimum atomic E-state index is -0.859. The topological polar surface area (TPSA) is 58.6 Å². The van der Waals surface area contributed by atoms with E-state index in [1.54, 1.807) is 7.11 Å². The first kappa shape index (κ1) is 21.1. The van der Waals surface area contributed by atoms with Gasteiger partial charge in [-0.15, -0.1) is 0 Å². The van der Waals surface area contributed by atoms with Gasteiger partial charge in [-0.1, -0.05) is 72.8 Å². The van der Waals surface area contributed by atoms with Crippen molar-refractivity contribution in [2.45, 2.75) is 43.2 Å². The van der Waals surface area contributed by atoms with Gasteiger partial charge in [0.1, 0.15) is 5.75 Å². The van der Waals surface area contributed by atoms with Gasteiger partial charge in [0.15, 0.2) is 0 Å². The van der Waals surface area contributed by atoms with Gasteiger partial charge in [0.25, 0.3) is 0 Å². The van der Waals surface area contributed by atoms with E-state index in [9.17, 15) is 9.90 Å². The molecule has 0 unspecified atom stereocenters. The lowest BCUT2D eigenvalue weighted by Gasteiger charge is -2.39. The number of rotatable bonds is 7. The molecule has 0 radical (unpaired) electrons. The Bertz CT molecular complexity index is 956. The summed E-state index contributed by atoms with van der Waals surface area (Å²) >= 11 is 0. The zero-order valence-corrected chi connectivity index (χ0v) is 17.8. The first-order chi connectivity index (χ1) is 15.1. The molecule has 0 aliphatic heterocycles. The zero-order valence-electron chi connectivity index (χ0n) is 17.8. The second-order valence-corrected chi connectivity index (χ2v) is 8.31. The zero-order chi connectivity index (χ0) is 21.7. The number of carbonyl (C=O) groups is 1. The lowest BCUT2D eigenvalue weighted by molar-refractivity contribution is -0.145. The summed E-state index contributed by atoms with van der Waals surface area (Å²) < 4.78 is 5.34. The van der Waals surface area contributed by atoms with Gasteiger partial charge in [0, 0.05) is 6.04 Å². The highest BCUT2D eigenvalue weighted by atomic mass is 16.5. The fraction of sp³-hybridized carbons (Fsp3) is 0.296. The van der Waals surface area contributed by atoms with Crippen molar-refractivity contribution in [3.8, 4) is 5.75 Å². The number of ether oxygens (including phenoxy) is 1. The maximum Gasteiger partial charge on any atom is 0.314 e. The molecule has 3 aromatic carbocycles. The summed E-state index contributed by atoms with van der Waals surface area (Å²) in [5, 5.41) is 14.0. The standard InChI is InChI=1S/C27H29NO3/c1-31-24-14-8-13-22(19-24)27(26(29)30)17-15-23(16-18-27)28-25(20-9-4-2-5-10-20)21-11-6-3-7-12-21/h2-14,19,23,25,28H,15-18H2,1H3,(H,29,30)/t23-,27-. The molecule has 0 amide bonds. The fourth-order valence-corrected chi connectivity index (χ4v) is 4.74. The Hall–Kier alpha value is -3.11. The Kier molecular flexibility index (Phi) is 6.38. The summed E-state index contributed by atoms with van der Waals surface area (Å²) in [4.78, 5) is 12.4. The summed E-state index contributed by atoms with van der Waals surface area (Å²) in [6.45, 7) is 0. The summed E-state index contributed by atoms with van der Waals surface area (Å²) in [5.41, 5.74) is 2.41. The second-order valence-electron chi connectivity index (χ2n) is 8.31. The quantitative estimate of drug-likeness (QED) is 0.547. The number of benzene rings is 3. The summed E-state index contributed by atoms with van der Waals surface area (Å²) in [7, 11) is 1.61. The predicted octanol–water partition coefficient (Wildman–Crippen LogP) is 5.34. The van der Waals surface area contributed by atoms with Crippen LogP contribution in [0.4, 0.5) is 0 Å². The highest BCUT2D eigenvalue weighted by Crippen LogP contribution is 2.41. The van der Waals surface area contributed by atoms with Crippen LogP contribution >= 0.6 is 0 Å². The Morgan fingerprint density at radius 2 is 1.52 bits per heavy atom. The molecule has 0 aromatic heterocycles. The van der Waals surface area contributed by atoms with Crippen LogP contribution in [0.25, 0.3) is 0 Å². The van der Waals surface area contributed by atoms with E-state index in [-0.39, 0.29) is 12.1 Å². The van der Waals surface area contributed by atoms with Crippen LogP contribution in [0.3, 0.4) is 0 Å². The third kappa shape index (κ3) is 4.49. The maximum atomic E-state index is 12.4. The Labute approximate surface area is 183 Å². The van der Waals surface area contributed by atoms with E-state index < -0.39 is 11.4 Å². The molecular formula is C27H29NO3. The van der Waals surface area contributed by atoms with Gasteiger partial charge in [0.05, 0.1) is 18.6 Å². The van der Waals surface area contributed by atoms with Crippen LogP contribution in [-0.2, 0) is 10.2 Å². The number of carboxylic acid groups (broad SMARTS) is 1. The molecule has 4 rings (SSSR count). The minimum absolute atomic E-state index is 0.0848. The summed E-state index contributed by atoms with van der Waals surface area (Å²) in [6.07, 6.45) is 2.81. The number of hydrogen-bond donors (Lipinski definition) is 2. The lowest BCUT2D eigenvalue weighted by atomic mass is 9.68. The highest BCUT2D eigenvalue weighted by Gasteiger charge is 2.44. The SMILES string of the molecule is COc1cccc([C@]2(C(=O)O)CC[C@H](NC(c3ccccc3)c3ccccc3)CC2)c1. The van der Waals surface area contributed by atoms with Gasteiger partial charge < -0.3 is 15.2 Å². The molecule has 3 aromatic rings. The van der Waals surface area contributed by atoms with Crippen LogP contribution in [0, 0.1) is 0 Å². The molecule has 0 saturated heterocycles. The molecule has 0 bridgehead atoms. The van der Waals surface area contributed by atoms with E-state index in [1.807, 2.05) is 36.4 Å². The first-order valence-electron chi connectivity index (χ1n) is 10.9. The first-order valence-corrected chi connectivity index (χ1v) is 10.9. The van der Waals surface area contributed by atoms with Gasteiger partial charge in [-0.05, 0) is 54.5 Å². The molecule has 4 nitrogen and oxygen atoms in total. The maximum absolute atomic E-state index is 12.4. The smallest absolute Gasteiger partial charge is 0.314 e. The Morgan fingerprint density at radius 1 is 0.935 bits per heavy atom. The van der Waals surface area contributed by atoms with Gasteiger partial charge >= 0.3 is 5.97 Å². The molecule has 1 fully saturated rings. The van der Waals surface area contributed by atoms with Gasteiger partial charge in [-0.3, -0.25) is 4.79 Å². The molecule has 1 saturated carbocycles. The van der Waals surface area contributed by atoms with Crippen molar-refractivity contribution in [3.05, 3.63) is 102 Å². The molecule has 4 heteroatoms. The van der Waals surface area contributed by atoms with Crippen molar-refractivity contribution in [1.29, 1.82) is 0 Å². The van der Waals surface area contributed by atoms with E-state index in [4.69, 9.17) is 4.74 Å². The normalized spacial score (nSPS) is 21.0. The van der Waals surface area contributed by atoms with Crippen molar-refractivity contribution in [2.75, 3.05) is 7.11 Å². The predicted molar refractivity (Wildman–Crippen MR) is 122 cm³/mol. The average Bonchev–Trinajstić information content (AvgIpc) is 2.84. The van der Waals surface area contributed by atoms with E-state index in [0.29, 0.717) is 18.6 Å². The van der Waals surface area contributed by atoms with Gasteiger partial charge in [-0.25, -0.2) is 0 Å². The molecule has 1 aliphatic carbocycles. The largest absolute Gasteiger partial charge is 0.497 e. The van der Waals surface area contributed by atoms with E-state index >= 15 is 0 Å². The average molecular weight is 416 g/mol. The highest BCUT2D eigenvalue weighted by molar-refractivity contribution is 5.81. The third-order valence-corrected chi connectivity index (χ3v) is 6.54. The summed E-state index contributed by atoms with van der Waals surface area (Å²) in [6, 6.07) is 28.7. The second kappa shape index (κ2) is 9.36. The minimum Gasteiger partial charge on any atom is -0.497 e. The molecule has 0 atom stereocenters. The Balaban J connectivity index is 1.54. The monoisotopic (exact) mass is 415 g/mol. The van der Waals surface area contributed by atoms with Crippen LogP contribution in [0.15, 0.2) is 84.9 Å². The van der Waals surface area contributed by atoms with Crippen LogP contribution < -0.4 is 10.1 Å².